The van der Waals surface area contributed by atoms with E-state index >= 15 is 0 Å². The number of hydrogen-bond acceptors (Lipinski definition) is 8. The topological polar surface area (TPSA) is 119 Å². The summed E-state index contributed by atoms with van der Waals surface area (Å²) in [5.74, 6) is 0.555. The van der Waals surface area contributed by atoms with Gasteiger partial charge in [-0.3, -0.25) is 14.9 Å². The number of nitro groups is 1. The first-order chi connectivity index (χ1) is 15.8. The summed E-state index contributed by atoms with van der Waals surface area (Å²) in [5, 5.41) is 11.3. The lowest BCUT2D eigenvalue weighted by Crippen LogP contribution is -2.50. The van der Waals surface area contributed by atoms with Crippen LogP contribution in [0.25, 0.3) is 0 Å². The molecule has 0 aromatic heterocycles. The highest BCUT2D eigenvalue weighted by molar-refractivity contribution is 7.98. The van der Waals surface area contributed by atoms with Crippen molar-refractivity contribution in [1.82, 2.24) is 9.21 Å². The first-order valence-corrected chi connectivity index (χ1v) is 13.0. The molecule has 0 spiro atoms. The second-order valence-electron chi connectivity index (χ2n) is 7.50. The lowest BCUT2D eigenvalue weighted by molar-refractivity contribution is -0.387. The Bertz CT molecular complexity index is 1180. The van der Waals surface area contributed by atoms with E-state index in [0.29, 0.717) is 29.6 Å². The maximum atomic E-state index is 13.1. The Labute approximate surface area is 195 Å². The zero-order valence-electron chi connectivity index (χ0n) is 17.9. The molecule has 2 aliphatic rings. The highest BCUT2D eigenvalue weighted by atomic mass is 32.2. The van der Waals surface area contributed by atoms with E-state index < -0.39 is 14.9 Å². The van der Waals surface area contributed by atoms with Crippen LogP contribution in [0.5, 0.6) is 11.5 Å². The van der Waals surface area contributed by atoms with Crippen LogP contribution in [0, 0.1) is 10.1 Å². The molecule has 0 radical (unpaired) electrons. The van der Waals surface area contributed by atoms with Crippen LogP contribution < -0.4 is 9.47 Å². The molecule has 176 valence electrons. The molecule has 0 atom stereocenters. The Morgan fingerprint density at radius 3 is 2.39 bits per heavy atom. The molecule has 4 rings (SSSR count). The Morgan fingerprint density at radius 2 is 1.73 bits per heavy atom. The molecule has 10 nitrogen and oxygen atoms in total. The molecule has 0 N–H and O–H groups in total. The van der Waals surface area contributed by atoms with E-state index in [2.05, 4.69) is 0 Å². The largest absolute Gasteiger partial charge is 0.490 e. The number of benzene rings is 2. The number of ether oxygens (including phenoxy) is 2. The highest BCUT2D eigenvalue weighted by Crippen LogP contribution is 2.33. The average Bonchev–Trinajstić information content (AvgIpc) is 3.08. The van der Waals surface area contributed by atoms with Crippen LogP contribution in [-0.4, -0.2) is 74.1 Å². The van der Waals surface area contributed by atoms with Crippen molar-refractivity contribution in [3.63, 3.8) is 0 Å². The minimum Gasteiger partial charge on any atom is -0.490 e. The standard InChI is InChI=1S/C21H23N3O7S2/c1-32-20-6-3-15(13-17(20)24(26)27)21(25)22-7-9-23(10-8-22)33(28,29)16-4-5-18-19(14-16)31-12-2-11-30-18/h3-6,13-14H,2,7-12H2,1H3. The van der Waals surface area contributed by atoms with E-state index in [-0.39, 0.29) is 48.2 Å². The van der Waals surface area contributed by atoms with Crippen LogP contribution in [0.3, 0.4) is 0 Å². The summed E-state index contributed by atoms with van der Waals surface area (Å²) in [5.41, 5.74) is 0.0858. The van der Waals surface area contributed by atoms with Crippen molar-refractivity contribution in [3.8, 4) is 11.5 Å². The molecule has 1 fully saturated rings. The van der Waals surface area contributed by atoms with E-state index in [1.54, 1.807) is 24.5 Å². The normalized spacial score (nSPS) is 16.8. The van der Waals surface area contributed by atoms with Crippen molar-refractivity contribution in [2.75, 3.05) is 45.6 Å². The lowest BCUT2D eigenvalue weighted by atomic mass is 10.1. The highest BCUT2D eigenvalue weighted by Gasteiger charge is 2.32. The quantitative estimate of drug-likeness (QED) is 0.354. The van der Waals surface area contributed by atoms with Crippen LogP contribution in [-0.2, 0) is 10.0 Å². The van der Waals surface area contributed by atoms with Gasteiger partial charge in [-0.05, 0) is 30.5 Å². The van der Waals surface area contributed by atoms with Gasteiger partial charge in [0.15, 0.2) is 11.5 Å². The molecule has 0 aliphatic carbocycles. The third-order valence-electron chi connectivity index (χ3n) is 5.51. The van der Waals surface area contributed by atoms with Gasteiger partial charge in [0, 0.05) is 50.3 Å². The van der Waals surface area contributed by atoms with Gasteiger partial charge < -0.3 is 14.4 Å². The zero-order chi connectivity index (χ0) is 23.6. The molecule has 2 aromatic carbocycles. The summed E-state index contributed by atoms with van der Waals surface area (Å²) in [6.45, 7) is 1.56. The summed E-state index contributed by atoms with van der Waals surface area (Å²) in [6, 6.07) is 8.95. The number of amides is 1. The van der Waals surface area contributed by atoms with Gasteiger partial charge in [0.05, 0.1) is 27.9 Å². The molecule has 1 amide bonds. The third kappa shape index (κ3) is 4.77. The van der Waals surface area contributed by atoms with Crippen LogP contribution in [0.2, 0.25) is 0 Å². The SMILES string of the molecule is CSc1ccc(C(=O)N2CCN(S(=O)(=O)c3ccc4c(c3)OCCCO4)CC2)cc1[N+](=O)[O-]. The number of carbonyl (C=O) groups is 1. The van der Waals surface area contributed by atoms with Gasteiger partial charge in [0.1, 0.15) is 0 Å². The van der Waals surface area contributed by atoms with Crippen molar-refractivity contribution in [1.29, 1.82) is 0 Å². The molecule has 2 aromatic rings. The van der Waals surface area contributed by atoms with E-state index in [4.69, 9.17) is 9.47 Å². The Hall–Kier alpha value is -2.83. The predicted octanol–water partition coefficient (Wildman–Crippen LogP) is 2.62. The fraction of sp³-hybridized carbons (Fsp3) is 0.381. The minimum atomic E-state index is -3.78. The first kappa shape index (κ1) is 23.3. The monoisotopic (exact) mass is 493 g/mol. The Morgan fingerprint density at radius 1 is 1.03 bits per heavy atom. The van der Waals surface area contributed by atoms with Crippen LogP contribution >= 0.6 is 11.8 Å². The minimum absolute atomic E-state index is 0.106. The molecule has 0 saturated carbocycles. The van der Waals surface area contributed by atoms with Gasteiger partial charge in [0.25, 0.3) is 11.6 Å². The van der Waals surface area contributed by atoms with Gasteiger partial charge in [-0.2, -0.15) is 4.31 Å². The predicted molar refractivity (Wildman–Crippen MR) is 122 cm³/mol. The Kier molecular flexibility index (Phi) is 6.77. The van der Waals surface area contributed by atoms with Crippen molar-refractivity contribution in [3.05, 3.63) is 52.1 Å². The van der Waals surface area contributed by atoms with E-state index in [9.17, 15) is 23.3 Å². The second-order valence-corrected chi connectivity index (χ2v) is 10.3. The van der Waals surface area contributed by atoms with Gasteiger partial charge >= 0.3 is 0 Å². The zero-order valence-corrected chi connectivity index (χ0v) is 19.6. The molecule has 2 aliphatic heterocycles. The molecule has 1 saturated heterocycles. The van der Waals surface area contributed by atoms with E-state index in [0.717, 1.165) is 6.42 Å². The lowest BCUT2D eigenvalue weighted by Gasteiger charge is -2.34. The molecule has 0 bridgehead atoms. The number of rotatable bonds is 5. The third-order valence-corrected chi connectivity index (χ3v) is 8.18. The first-order valence-electron chi connectivity index (χ1n) is 10.3. The number of carbonyl (C=O) groups excluding carboxylic acids is 1. The smallest absolute Gasteiger partial charge is 0.283 e. The summed E-state index contributed by atoms with van der Waals surface area (Å²) < 4.78 is 38.8. The van der Waals surface area contributed by atoms with E-state index in [1.807, 2.05) is 0 Å². The molecule has 33 heavy (non-hydrogen) atoms. The van der Waals surface area contributed by atoms with Gasteiger partial charge in [-0.25, -0.2) is 8.42 Å². The molecular weight excluding hydrogens is 470 g/mol. The second kappa shape index (κ2) is 9.57. The van der Waals surface area contributed by atoms with Gasteiger partial charge in [0.2, 0.25) is 10.0 Å². The summed E-state index contributed by atoms with van der Waals surface area (Å²) in [6.07, 6.45) is 2.45. The number of thioether (sulfide) groups is 1. The van der Waals surface area contributed by atoms with Crippen molar-refractivity contribution in [2.45, 2.75) is 16.2 Å². The average molecular weight is 494 g/mol. The summed E-state index contributed by atoms with van der Waals surface area (Å²) >= 11 is 1.23. The van der Waals surface area contributed by atoms with Gasteiger partial charge in [-0.15, -0.1) is 11.8 Å². The number of nitro benzene ring substituents is 1. The van der Waals surface area contributed by atoms with Crippen LogP contribution in [0.15, 0.2) is 46.2 Å². The van der Waals surface area contributed by atoms with Crippen molar-refractivity contribution in [2.24, 2.45) is 0 Å². The van der Waals surface area contributed by atoms with Crippen molar-refractivity contribution < 1.29 is 27.6 Å². The number of nitrogens with zero attached hydrogens (tertiary/aromatic N) is 3. The van der Waals surface area contributed by atoms with Gasteiger partial charge in [-0.1, -0.05) is 0 Å². The van der Waals surface area contributed by atoms with Crippen LogP contribution in [0.1, 0.15) is 16.8 Å². The maximum Gasteiger partial charge on any atom is 0.283 e. The van der Waals surface area contributed by atoms with Crippen molar-refractivity contribution >= 4 is 33.4 Å². The number of sulfonamides is 1. The van der Waals surface area contributed by atoms with E-state index in [1.165, 1.54) is 39.2 Å². The molecule has 12 heteroatoms. The maximum absolute atomic E-state index is 13.1. The fourth-order valence-corrected chi connectivity index (χ4v) is 5.72. The fourth-order valence-electron chi connectivity index (χ4n) is 3.73. The van der Waals surface area contributed by atoms with Crippen LogP contribution in [0.4, 0.5) is 5.69 Å². The molecular formula is C21H23N3O7S2. The number of fused-ring (bicyclic) bond motifs is 1. The number of hydrogen-bond donors (Lipinski definition) is 0. The Balaban J connectivity index is 1.46. The molecule has 0 unspecified atom stereocenters. The summed E-state index contributed by atoms with van der Waals surface area (Å²) in [4.78, 5) is 25.8. The molecule has 2 heterocycles. The number of piperazine rings is 1. The summed E-state index contributed by atoms with van der Waals surface area (Å²) in [7, 11) is -3.78.